The van der Waals surface area contributed by atoms with Gasteiger partial charge < -0.3 is 5.11 Å². The molecule has 0 aromatic heterocycles. The number of amides is 1. The average molecular weight is 445 g/mol. The van der Waals surface area contributed by atoms with E-state index >= 15 is 0 Å². The largest absolute Gasteiger partial charge is 0.507 e. The summed E-state index contributed by atoms with van der Waals surface area (Å²) in [5, 5.41) is 11.2. The number of benzene rings is 3. The predicted octanol–water partition coefficient (Wildman–Crippen LogP) is 5.47. The normalized spacial score (nSPS) is 19.6. The van der Waals surface area contributed by atoms with E-state index in [1.807, 2.05) is 12.1 Å². The zero-order valence-electron chi connectivity index (χ0n) is 17.7. The minimum atomic E-state index is -1.10. The first-order valence-electron chi connectivity index (χ1n) is 10.9. The van der Waals surface area contributed by atoms with Gasteiger partial charge in [0.15, 0.2) is 0 Å². The number of Topliss-reactive ketones (excluding diaryl/α,β-unsaturated/α-hetero) is 1. The number of carbonyl (C=O) groups excluding carboxylic acids is 2. The zero-order valence-corrected chi connectivity index (χ0v) is 17.7. The lowest BCUT2D eigenvalue weighted by Gasteiger charge is -2.26. The topological polar surface area (TPSA) is 57.6 Å². The molecule has 1 atom stereocenters. The Hall–Kier alpha value is -3.80. The lowest BCUT2D eigenvalue weighted by Crippen LogP contribution is -2.30. The Morgan fingerprint density at radius 1 is 0.879 bits per heavy atom. The quantitative estimate of drug-likeness (QED) is 0.330. The number of rotatable bonds is 3. The van der Waals surface area contributed by atoms with Crippen molar-refractivity contribution in [1.82, 2.24) is 0 Å². The number of carbonyl (C=O) groups is 2. The van der Waals surface area contributed by atoms with Crippen LogP contribution in [0.3, 0.4) is 0 Å². The van der Waals surface area contributed by atoms with Gasteiger partial charge in [-0.05, 0) is 60.6 Å². The Labute approximate surface area is 189 Å². The Morgan fingerprint density at radius 3 is 2.36 bits per heavy atom. The third-order valence-corrected chi connectivity index (χ3v) is 6.35. The fourth-order valence-corrected chi connectivity index (χ4v) is 4.74. The van der Waals surface area contributed by atoms with Crippen LogP contribution >= 0.6 is 0 Å². The Morgan fingerprint density at radius 2 is 1.61 bits per heavy atom. The highest BCUT2D eigenvalue weighted by Crippen LogP contribution is 2.43. The molecule has 33 heavy (non-hydrogen) atoms. The summed E-state index contributed by atoms with van der Waals surface area (Å²) in [5.74, 6) is -3.87. The first-order valence-corrected chi connectivity index (χ1v) is 10.9. The molecule has 0 spiro atoms. The molecule has 166 valence electrons. The highest BCUT2D eigenvalue weighted by molar-refractivity contribution is 6.51. The van der Waals surface area contributed by atoms with Crippen LogP contribution in [0.25, 0.3) is 5.76 Å². The molecule has 3 aromatic rings. The third kappa shape index (κ3) is 3.61. The number of halogens is 2. The third-order valence-electron chi connectivity index (χ3n) is 6.35. The average Bonchev–Trinajstić information content (AvgIpc) is 3.10. The van der Waals surface area contributed by atoms with Gasteiger partial charge >= 0.3 is 0 Å². The molecule has 5 rings (SSSR count). The van der Waals surface area contributed by atoms with Gasteiger partial charge in [-0.3, -0.25) is 14.5 Å². The van der Waals surface area contributed by atoms with Crippen LogP contribution in [0.2, 0.25) is 0 Å². The highest BCUT2D eigenvalue weighted by Gasteiger charge is 2.47. The van der Waals surface area contributed by atoms with E-state index in [0.717, 1.165) is 54.3 Å². The SMILES string of the molecule is O=C1C(=O)N(c2cc(F)ccc2F)C(c2ccccc2)/C1=C(/O)c1ccc2c(c1)CCCC2. The van der Waals surface area contributed by atoms with Crippen molar-refractivity contribution in [3.8, 4) is 0 Å². The highest BCUT2D eigenvalue weighted by atomic mass is 19.1. The number of anilines is 1. The standard InChI is InChI=1S/C27H21F2NO3/c28-20-12-13-21(29)22(15-20)30-24(17-7-2-1-3-8-17)23(26(32)27(30)33)25(31)19-11-10-16-6-4-5-9-18(16)14-19/h1-3,7-8,10-15,24,31H,4-6,9H2/b25-23-. The summed E-state index contributed by atoms with van der Waals surface area (Å²) in [5.41, 5.74) is 2.74. The zero-order chi connectivity index (χ0) is 23.1. The van der Waals surface area contributed by atoms with E-state index in [9.17, 15) is 23.5 Å². The molecule has 0 radical (unpaired) electrons. The van der Waals surface area contributed by atoms with E-state index in [4.69, 9.17) is 0 Å². The van der Waals surface area contributed by atoms with Gasteiger partial charge in [0.1, 0.15) is 17.4 Å². The first kappa shape index (κ1) is 21.1. The molecule has 0 saturated carbocycles. The van der Waals surface area contributed by atoms with Crippen LogP contribution in [0.4, 0.5) is 14.5 Å². The molecule has 6 heteroatoms. The van der Waals surface area contributed by atoms with E-state index in [0.29, 0.717) is 11.1 Å². The molecule has 1 N–H and O–H groups in total. The van der Waals surface area contributed by atoms with E-state index in [2.05, 4.69) is 0 Å². The number of ketones is 1. The number of fused-ring (bicyclic) bond motifs is 1. The van der Waals surface area contributed by atoms with Crippen LogP contribution < -0.4 is 4.90 Å². The molecular weight excluding hydrogens is 424 g/mol. The van der Waals surface area contributed by atoms with E-state index in [1.54, 1.807) is 36.4 Å². The molecule has 1 amide bonds. The van der Waals surface area contributed by atoms with Crippen molar-refractivity contribution in [1.29, 1.82) is 0 Å². The van der Waals surface area contributed by atoms with Crippen molar-refractivity contribution in [3.05, 3.63) is 106 Å². The maximum Gasteiger partial charge on any atom is 0.300 e. The fourth-order valence-electron chi connectivity index (χ4n) is 4.74. The number of aliphatic hydroxyl groups excluding tert-OH is 1. The van der Waals surface area contributed by atoms with Crippen LogP contribution in [0.15, 0.2) is 72.3 Å². The Bertz CT molecular complexity index is 1300. The van der Waals surface area contributed by atoms with Crippen LogP contribution in [-0.2, 0) is 22.4 Å². The van der Waals surface area contributed by atoms with Gasteiger partial charge in [0, 0.05) is 11.6 Å². The Kier molecular flexibility index (Phi) is 5.29. The van der Waals surface area contributed by atoms with Gasteiger partial charge in [0.05, 0.1) is 17.3 Å². The molecule has 2 aliphatic rings. The van der Waals surface area contributed by atoms with E-state index in [1.165, 1.54) is 5.56 Å². The molecule has 0 bridgehead atoms. The lowest BCUT2D eigenvalue weighted by atomic mass is 9.88. The molecule has 4 nitrogen and oxygen atoms in total. The van der Waals surface area contributed by atoms with Crippen molar-refractivity contribution in [3.63, 3.8) is 0 Å². The summed E-state index contributed by atoms with van der Waals surface area (Å²) in [6, 6.07) is 15.7. The minimum Gasteiger partial charge on any atom is -0.507 e. The molecule has 1 aliphatic heterocycles. The number of nitrogens with zero attached hydrogens (tertiary/aromatic N) is 1. The van der Waals surface area contributed by atoms with Crippen molar-refractivity contribution < 1.29 is 23.5 Å². The summed E-state index contributed by atoms with van der Waals surface area (Å²) in [6.45, 7) is 0. The fraction of sp³-hybridized carbons (Fsp3) is 0.185. The van der Waals surface area contributed by atoms with Gasteiger partial charge in [-0.1, -0.05) is 42.5 Å². The number of hydrogen-bond acceptors (Lipinski definition) is 3. The molecule has 1 saturated heterocycles. The maximum atomic E-state index is 14.7. The van der Waals surface area contributed by atoms with E-state index in [-0.39, 0.29) is 17.0 Å². The van der Waals surface area contributed by atoms with Gasteiger partial charge in [0.25, 0.3) is 11.7 Å². The lowest BCUT2D eigenvalue weighted by molar-refractivity contribution is -0.132. The smallest absolute Gasteiger partial charge is 0.300 e. The van der Waals surface area contributed by atoms with E-state index < -0.39 is 29.4 Å². The molecular formula is C27H21F2NO3. The number of aliphatic hydroxyl groups is 1. The van der Waals surface area contributed by atoms with Gasteiger partial charge in [0.2, 0.25) is 0 Å². The van der Waals surface area contributed by atoms with Crippen molar-refractivity contribution in [2.75, 3.05) is 4.90 Å². The molecule has 1 aliphatic carbocycles. The minimum absolute atomic E-state index is 0.148. The van der Waals surface area contributed by atoms with Gasteiger partial charge in [-0.25, -0.2) is 8.78 Å². The van der Waals surface area contributed by atoms with Crippen molar-refractivity contribution in [2.45, 2.75) is 31.7 Å². The summed E-state index contributed by atoms with van der Waals surface area (Å²) in [6.07, 6.45) is 3.99. The van der Waals surface area contributed by atoms with Crippen LogP contribution in [-0.4, -0.2) is 16.8 Å². The summed E-state index contributed by atoms with van der Waals surface area (Å²) >= 11 is 0. The first-order chi connectivity index (χ1) is 16.0. The second kappa shape index (κ2) is 8.28. The van der Waals surface area contributed by atoms with Crippen molar-refractivity contribution in [2.24, 2.45) is 0 Å². The number of aryl methyl sites for hydroxylation is 2. The number of hydrogen-bond donors (Lipinski definition) is 1. The molecule has 3 aromatic carbocycles. The van der Waals surface area contributed by atoms with Crippen LogP contribution in [0.1, 0.15) is 41.1 Å². The molecule has 1 heterocycles. The predicted molar refractivity (Wildman–Crippen MR) is 121 cm³/mol. The van der Waals surface area contributed by atoms with Crippen LogP contribution in [0, 0.1) is 11.6 Å². The van der Waals surface area contributed by atoms with Gasteiger partial charge in [-0.2, -0.15) is 0 Å². The van der Waals surface area contributed by atoms with Crippen molar-refractivity contribution >= 4 is 23.1 Å². The summed E-state index contributed by atoms with van der Waals surface area (Å²) in [7, 11) is 0. The monoisotopic (exact) mass is 445 g/mol. The molecule has 1 fully saturated rings. The second-order valence-corrected chi connectivity index (χ2v) is 8.37. The molecule has 1 unspecified atom stereocenters. The van der Waals surface area contributed by atoms with Crippen LogP contribution in [0.5, 0.6) is 0 Å². The summed E-state index contributed by atoms with van der Waals surface area (Å²) in [4.78, 5) is 27.2. The second-order valence-electron chi connectivity index (χ2n) is 8.37. The summed E-state index contributed by atoms with van der Waals surface area (Å²) < 4.78 is 28.7. The van der Waals surface area contributed by atoms with Gasteiger partial charge in [-0.15, -0.1) is 0 Å². The Balaban J connectivity index is 1.71. The maximum absolute atomic E-state index is 14.7.